The molecule has 0 saturated heterocycles. The molecule has 72 valence electrons. The number of rotatable bonds is 0. The van der Waals surface area contributed by atoms with E-state index in [9.17, 15) is 5.11 Å². The fourth-order valence-electron chi connectivity index (χ4n) is 1.77. The van der Waals surface area contributed by atoms with Crippen LogP contribution >= 0.6 is 11.6 Å². The molecule has 0 bridgehead atoms. The van der Waals surface area contributed by atoms with Crippen molar-refractivity contribution in [2.45, 2.75) is 62.8 Å². The summed E-state index contributed by atoms with van der Waals surface area (Å²) in [7, 11) is 0. The maximum absolute atomic E-state index is 9.57. The van der Waals surface area contributed by atoms with Crippen LogP contribution in [-0.2, 0) is 0 Å². The zero-order valence-electron chi connectivity index (χ0n) is 7.64. The number of hydrogen-bond acceptors (Lipinski definition) is 1. The summed E-state index contributed by atoms with van der Waals surface area (Å²) < 4.78 is 0. The van der Waals surface area contributed by atoms with E-state index in [1.54, 1.807) is 0 Å². The fraction of sp³-hybridized carbons (Fsp3) is 1.00. The summed E-state index contributed by atoms with van der Waals surface area (Å²) in [6.45, 7) is 0. The molecular weight excluding hydrogens is 172 g/mol. The van der Waals surface area contributed by atoms with Gasteiger partial charge in [0.1, 0.15) is 0 Å². The van der Waals surface area contributed by atoms with Crippen molar-refractivity contribution in [2.75, 3.05) is 0 Å². The summed E-state index contributed by atoms with van der Waals surface area (Å²) >= 11 is 6.02. The van der Waals surface area contributed by atoms with Gasteiger partial charge in [-0.1, -0.05) is 38.5 Å². The second-order valence-electron chi connectivity index (χ2n) is 3.78. The Morgan fingerprint density at radius 1 is 0.833 bits per heavy atom. The normalized spacial score (nSPS) is 34.5. The van der Waals surface area contributed by atoms with Crippen LogP contribution < -0.4 is 0 Å². The first-order valence-corrected chi connectivity index (χ1v) is 5.56. The average Bonchev–Trinajstić information content (AvgIpc) is 2.08. The Morgan fingerprint density at radius 3 is 2.00 bits per heavy atom. The molecule has 0 unspecified atom stereocenters. The Labute approximate surface area is 80.1 Å². The van der Waals surface area contributed by atoms with Crippen molar-refractivity contribution in [3.63, 3.8) is 0 Å². The second-order valence-corrected chi connectivity index (χ2v) is 4.34. The van der Waals surface area contributed by atoms with Crippen molar-refractivity contribution in [2.24, 2.45) is 0 Å². The molecule has 0 aromatic carbocycles. The van der Waals surface area contributed by atoms with Crippen LogP contribution in [0.2, 0.25) is 0 Å². The second kappa shape index (κ2) is 5.82. The van der Waals surface area contributed by atoms with Crippen molar-refractivity contribution in [3.8, 4) is 0 Å². The molecule has 1 nitrogen and oxygen atoms in total. The quantitative estimate of drug-likeness (QED) is 0.582. The van der Waals surface area contributed by atoms with Gasteiger partial charge in [0.2, 0.25) is 0 Å². The molecule has 1 aliphatic carbocycles. The Kier molecular flexibility index (Phi) is 5.01. The Morgan fingerprint density at radius 2 is 1.33 bits per heavy atom. The zero-order valence-corrected chi connectivity index (χ0v) is 8.39. The lowest BCUT2D eigenvalue weighted by atomic mass is 9.99. The van der Waals surface area contributed by atoms with Gasteiger partial charge in [0, 0.05) is 0 Å². The molecule has 0 aliphatic heterocycles. The summed E-state index contributed by atoms with van der Waals surface area (Å²) in [5.74, 6) is 0. The molecule has 0 heterocycles. The van der Waals surface area contributed by atoms with Crippen molar-refractivity contribution in [1.29, 1.82) is 0 Å². The van der Waals surface area contributed by atoms with E-state index in [1.807, 2.05) is 0 Å². The summed E-state index contributed by atoms with van der Waals surface area (Å²) in [6.07, 6.45) is 9.19. The molecule has 2 atom stereocenters. The van der Waals surface area contributed by atoms with Gasteiger partial charge in [-0.25, -0.2) is 0 Å². The van der Waals surface area contributed by atoms with E-state index in [1.165, 1.54) is 32.1 Å². The van der Waals surface area contributed by atoms with Crippen molar-refractivity contribution >= 4 is 11.6 Å². The standard InChI is InChI=1S/C10H19ClO/c11-9-7-5-3-1-2-4-6-8-10(9)12/h9-10,12H,1-8H2/t9-,10-/m0/s1. The minimum Gasteiger partial charge on any atom is -0.392 e. The third kappa shape index (κ3) is 3.77. The highest BCUT2D eigenvalue weighted by Crippen LogP contribution is 2.20. The molecule has 0 aromatic rings. The molecular formula is C10H19ClO. The highest BCUT2D eigenvalue weighted by Gasteiger charge is 2.16. The number of halogens is 1. The maximum atomic E-state index is 9.57. The topological polar surface area (TPSA) is 20.2 Å². The number of aliphatic hydroxyl groups is 1. The molecule has 1 saturated carbocycles. The van der Waals surface area contributed by atoms with Gasteiger partial charge < -0.3 is 5.11 Å². The summed E-state index contributed by atoms with van der Waals surface area (Å²) in [6, 6.07) is 0. The minimum absolute atomic E-state index is 0.00287. The van der Waals surface area contributed by atoms with Crippen molar-refractivity contribution in [1.82, 2.24) is 0 Å². The van der Waals surface area contributed by atoms with E-state index in [2.05, 4.69) is 0 Å². The zero-order chi connectivity index (χ0) is 8.81. The van der Waals surface area contributed by atoms with Crippen LogP contribution in [0, 0.1) is 0 Å². The third-order valence-electron chi connectivity index (χ3n) is 2.65. The van der Waals surface area contributed by atoms with Crippen molar-refractivity contribution in [3.05, 3.63) is 0 Å². The van der Waals surface area contributed by atoms with Crippen LogP contribution in [0.4, 0.5) is 0 Å². The summed E-state index contributed by atoms with van der Waals surface area (Å²) in [4.78, 5) is 0. The molecule has 0 radical (unpaired) electrons. The predicted octanol–water partition coefficient (Wildman–Crippen LogP) is 3.09. The van der Waals surface area contributed by atoms with Crippen LogP contribution in [-0.4, -0.2) is 16.6 Å². The van der Waals surface area contributed by atoms with Crippen LogP contribution in [0.5, 0.6) is 0 Å². The van der Waals surface area contributed by atoms with E-state index in [4.69, 9.17) is 11.6 Å². The Hall–Kier alpha value is 0.250. The first-order valence-electron chi connectivity index (χ1n) is 5.13. The van der Waals surface area contributed by atoms with E-state index in [0.29, 0.717) is 0 Å². The lowest BCUT2D eigenvalue weighted by Crippen LogP contribution is -2.21. The SMILES string of the molecule is O[C@H]1CCCCCCCC[C@@H]1Cl. The largest absolute Gasteiger partial charge is 0.392 e. The molecule has 0 spiro atoms. The number of hydrogen-bond donors (Lipinski definition) is 1. The van der Waals surface area contributed by atoms with E-state index >= 15 is 0 Å². The molecule has 0 amide bonds. The molecule has 1 fully saturated rings. The van der Waals surface area contributed by atoms with Gasteiger partial charge in [-0.3, -0.25) is 0 Å². The van der Waals surface area contributed by atoms with Crippen molar-refractivity contribution < 1.29 is 5.11 Å². The van der Waals surface area contributed by atoms with Gasteiger partial charge in [-0.15, -0.1) is 11.6 Å². The summed E-state index contributed by atoms with van der Waals surface area (Å²) in [5.41, 5.74) is 0. The minimum atomic E-state index is -0.259. The molecule has 2 heteroatoms. The van der Waals surface area contributed by atoms with E-state index in [-0.39, 0.29) is 11.5 Å². The fourth-order valence-corrected chi connectivity index (χ4v) is 2.05. The average molecular weight is 191 g/mol. The van der Waals surface area contributed by atoms with Gasteiger partial charge in [-0.2, -0.15) is 0 Å². The lowest BCUT2D eigenvalue weighted by molar-refractivity contribution is 0.149. The molecule has 1 N–H and O–H groups in total. The van der Waals surface area contributed by atoms with Gasteiger partial charge in [0.05, 0.1) is 11.5 Å². The summed E-state index contributed by atoms with van der Waals surface area (Å²) in [5, 5.41) is 9.57. The van der Waals surface area contributed by atoms with Gasteiger partial charge in [-0.05, 0) is 12.8 Å². The molecule has 12 heavy (non-hydrogen) atoms. The first kappa shape index (κ1) is 10.3. The van der Waals surface area contributed by atoms with Gasteiger partial charge in [0.15, 0.2) is 0 Å². The van der Waals surface area contributed by atoms with Gasteiger partial charge >= 0.3 is 0 Å². The van der Waals surface area contributed by atoms with Crippen LogP contribution in [0.1, 0.15) is 51.4 Å². The Balaban J connectivity index is 2.26. The third-order valence-corrected chi connectivity index (χ3v) is 3.16. The monoisotopic (exact) mass is 190 g/mol. The molecule has 0 aromatic heterocycles. The predicted molar refractivity (Wildman–Crippen MR) is 52.6 cm³/mol. The smallest absolute Gasteiger partial charge is 0.0703 e. The van der Waals surface area contributed by atoms with E-state index < -0.39 is 0 Å². The molecule has 1 rings (SSSR count). The number of alkyl halides is 1. The van der Waals surface area contributed by atoms with Gasteiger partial charge in [0.25, 0.3) is 0 Å². The van der Waals surface area contributed by atoms with Crippen LogP contribution in [0.15, 0.2) is 0 Å². The highest BCUT2D eigenvalue weighted by atomic mass is 35.5. The number of aliphatic hydroxyl groups excluding tert-OH is 1. The van der Waals surface area contributed by atoms with Crippen LogP contribution in [0.3, 0.4) is 0 Å². The lowest BCUT2D eigenvalue weighted by Gasteiger charge is -2.18. The van der Waals surface area contributed by atoms with E-state index in [0.717, 1.165) is 19.3 Å². The maximum Gasteiger partial charge on any atom is 0.0703 e. The first-order chi connectivity index (χ1) is 5.80. The Bertz CT molecular complexity index is 102. The van der Waals surface area contributed by atoms with Crippen LogP contribution in [0.25, 0.3) is 0 Å². The molecule has 1 aliphatic rings. The highest BCUT2D eigenvalue weighted by molar-refractivity contribution is 6.21.